The lowest BCUT2D eigenvalue weighted by Crippen LogP contribution is -2.64. The maximum absolute atomic E-state index is 17.0. The van der Waals surface area contributed by atoms with Gasteiger partial charge >= 0.3 is 0 Å². The minimum atomic E-state index is -2.08. The number of alkyl halides is 1. The van der Waals surface area contributed by atoms with Crippen LogP contribution in [0, 0.1) is 5.82 Å². The van der Waals surface area contributed by atoms with Crippen LogP contribution in [0.2, 0.25) is 10.0 Å². The Morgan fingerprint density at radius 3 is 2.15 bits per heavy atom. The summed E-state index contributed by atoms with van der Waals surface area (Å²) in [4.78, 5) is 26.4. The van der Waals surface area contributed by atoms with Crippen molar-refractivity contribution in [3.63, 3.8) is 0 Å². The van der Waals surface area contributed by atoms with Crippen LogP contribution in [0.5, 0.6) is 0 Å². The number of likely N-dealkylation sites (tertiary alicyclic amines) is 1. The zero-order valence-corrected chi connectivity index (χ0v) is 28.4. The number of halogens is 4. The van der Waals surface area contributed by atoms with Crippen molar-refractivity contribution in [1.29, 1.82) is 0 Å². The maximum atomic E-state index is 17.0. The zero-order valence-electron chi connectivity index (χ0n) is 26.9. The molecule has 0 radical (unpaired) electrons. The summed E-state index contributed by atoms with van der Waals surface area (Å²) in [6, 6.07) is 8.89. The van der Waals surface area contributed by atoms with E-state index in [9.17, 15) is 15.0 Å². The number of carbonyl (C=O) groups is 1. The predicted molar refractivity (Wildman–Crippen MR) is 183 cm³/mol. The largest absolute Gasteiger partial charge is 0.406 e. The summed E-state index contributed by atoms with van der Waals surface area (Å²) in [5, 5.41) is 21.0. The molecule has 0 saturated carbocycles. The second kappa shape index (κ2) is 12.2. The highest BCUT2D eigenvalue weighted by Crippen LogP contribution is 2.52. The fourth-order valence-corrected chi connectivity index (χ4v) is 6.55. The highest BCUT2D eigenvalue weighted by Gasteiger charge is 2.59. The van der Waals surface area contributed by atoms with Gasteiger partial charge in [-0.25, -0.2) is 18.7 Å². The molecule has 5 rings (SSSR count). The van der Waals surface area contributed by atoms with Crippen molar-refractivity contribution >= 4 is 60.5 Å². The number of hydrogen-bond donors (Lipinski definition) is 2. The van der Waals surface area contributed by atoms with Gasteiger partial charge in [0, 0.05) is 46.9 Å². The van der Waals surface area contributed by atoms with E-state index in [4.69, 9.17) is 27.9 Å². The molecule has 2 N–H and O–H groups in total. The van der Waals surface area contributed by atoms with Gasteiger partial charge in [0.25, 0.3) is 5.91 Å². The van der Waals surface area contributed by atoms with E-state index in [1.54, 1.807) is 62.6 Å². The number of ether oxygens (including phenoxy) is 1. The maximum Gasteiger partial charge on any atom is 0.257 e. The molecule has 240 valence electrons. The van der Waals surface area contributed by atoms with Crippen LogP contribution in [0.25, 0.3) is 0 Å². The number of fused-ring (bicyclic) bond motifs is 1. The zero-order chi connectivity index (χ0) is 33.9. The van der Waals surface area contributed by atoms with Gasteiger partial charge in [0.15, 0.2) is 5.72 Å². The Hall–Kier alpha value is -2.47. The number of carbonyl (C=O) groups excluding carboxylic acids is 1. The van der Waals surface area contributed by atoms with E-state index in [-0.39, 0.29) is 53.3 Å². The van der Waals surface area contributed by atoms with Crippen LogP contribution < -0.4 is 0 Å². The van der Waals surface area contributed by atoms with E-state index in [1.807, 2.05) is 11.9 Å². The lowest BCUT2D eigenvalue weighted by Gasteiger charge is -2.49. The average Bonchev–Trinajstić information content (AvgIpc) is 3.22. The Morgan fingerprint density at radius 1 is 1.02 bits per heavy atom. The first kappa shape index (κ1) is 34.9. The van der Waals surface area contributed by atoms with E-state index in [1.165, 1.54) is 23.4 Å². The van der Waals surface area contributed by atoms with Crippen molar-refractivity contribution in [2.75, 3.05) is 20.1 Å². The van der Waals surface area contributed by atoms with Gasteiger partial charge in [-0.2, -0.15) is 0 Å². The molecule has 1 fully saturated rings. The summed E-state index contributed by atoms with van der Waals surface area (Å²) in [6.45, 7) is 2.23. The minimum absolute atomic E-state index is 0.0389. The molecule has 0 aliphatic carbocycles. The van der Waals surface area contributed by atoms with Crippen molar-refractivity contribution in [3.8, 4) is 0 Å². The second-order valence-corrected chi connectivity index (χ2v) is 14.3. The standard InChI is InChI=1S/C30H36B4Cl2F2N4O4/c1-3-27(44,26(38)8-10-41(2)11-9-26)18-12-21-24(22(37)13-18)28(17-4-6-19(35)7-5-17,46-30(33,34)29(31,32)45)42(25(21)43)16-23-39-14-20(36)15-40-23/h4-7,12-15,44-45H,3,8-11,16,31-34H2,1-2H3/t27?,28-/m1/s1. The molecule has 16 heteroatoms. The van der Waals surface area contributed by atoms with E-state index in [2.05, 4.69) is 9.97 Å². The first-order valence-electron chi connectivity index (χ1n) is 15.3. The molecule has 3 heterocycles. The van der Waals surface area contributed by atoms with Crippen LogP contribution in [-0.4, -0.2) is 104 Å². The molecule has 2 aromatic carbocycles. The van der Waals surface area contributed by atoms with E-state index >= 15 is 8.78 Å². The van der Waals surface area contributed by atoms with Crippen LogP contribution in [0.1, 0.15) is 59.1 Å². The minimum Gasteiger partial charge on any atom is -0.406 e. The molecule has 1 unspecified atom stereocenters. The van der Waals surface area contributed by atoms with Gasteiger partial charge in [-0.15, -0.1) is 0 Å². The molecule has 2 aliphatic rings. The third-order valence-corrected chi connectivity index (χ3v) is 10.3. The van der Waals surface area contributed by atoms with Crippen LogP contribution in [0.3, 0.4) is 0 Å². The molecule has 0 spiro atoms. The molecule has 2 atom stereocenters. The molecule has 46 heavy (non-hydrogen) atoms. The molecule has 2 aliphatic heterocycles. The number of hydrogen-bond acceptors (Lipinski definition) is 7. The van der Waals surface area contributed by atoms with Crippen molar-refractivity contribution in [2.45, 2.75) is 60.5 Å². The van der Waals surface area contributed by atoms with Crippen molar-refractivity contribution < 1.29 is 28.5 Å². The Bertz CT molecular complexity index is 1630. The van der Waals surface area contributed by atoms with Gasteiger partial charge in [-0.1, -0.05) is 42.3 Å². The Balaban J connectivity index is 1.79. The first-order valence-corrected chi connectivity index (χ1v) is 16.1. The predicted octanol–water partition coefficient (Wildman–Crippen LogP) is 0.660. The normalized spacial score (nSPS) is 21.7. The topological polar surface area (TPSA) is 99.0 Å². The van der Waals surface area contributed by atoms with Gasteiger partial charge in [-0.05, 0) is 56.1 Å². The number of piperidine rings is 1. The monoisotopic (exact) mass is 668 g/mol. The summed E-state index contributed by atoms with van der Waals surface area (Å²) >= 11 is 12.3. The molecule has 1 amide bonds. The molecule has 8 nitrogen and oxygen atoms in total. The molecule has 3 aromatic rings. The van der Waals surface area contributed by atoms with Gasteiger partial charge in [-0.3, -0.25) is 9.69 Å². The van der Waals surface area contributed by atoms with E-state index in [0.29, 0.717) is 23.7 Å². The van der Waals surface area contributed by atoms with Gasteiger partial charge in [0.2, 0.25) is 0 Å². The van der Waals surface area contributed by atoms with Crippen molar-refractivity contribution in [2.24, 2.45) is 0 Å². The summed E-state index contributed by atoms with van der Waals surface area (Å²) in [5.41, 5.74) is -6.07. The fourth-order valence-electron chi connectivity index (χ4n) is 6.33. The average molecular weight is 669 g/mol. The van der Waals surface area contributed by atoms with Crippen molar-refractivity contribution in [1.82, 2.24) is 19.8 Å². The van der Waals surface area contributed by atoms with Crippen molar-refractivity contribution in [3.05, 3.63) is 92.7 Å². The molecular formula is C30H36B4Cl2F2N4O4. The van der Waals surface area contributed by atoms with E-state index < -0.39 is 39.5 Å². The van der Waals surface area contributed by atoms with Crippen LogP contribution in [0.15, 0.2) is 48.8 Å². The third kappa shape index (κ3) is 5.79. The summed E-state index contributed by atoms with van der Waals surface area (Å²) in [7, 11) is 8.26. The summed E-state index contributed by atoms with van der Waals surface area (Å²) in [6.07, 6.45) is 2.79. The number of aromatic nitrogens is 2. The third-order valence-electron chi connectivity index (χ3n) is 9.88. The fraction of sp³-hybridized carbons (Fsp3) is 0.433. The Labute approximate surface area is 281 Å². The Morgan fingerprint density at radius 2 is 1.61 bits per heavy atom. The second-order valence-electron chi connectivity index (χ2n) is 13.4. The number of rotatable bonds is 9. The molecule has 1 aromatic heterocycles. The molecular weight excluding hydrogens is 633 g/mol. The lowest BCUT2D eigenvalue weighted by molar-refractivity contribution is -0.163. The van der Waals surface area contributed by atoms with Gasteiger partial charge in [0.05, 0.1) is 22.7 Å². The summed E-state index contributed by atoms with van der Waals surface area (Å²) in [5.74, 6) is -1.36. The number of aliphatic hydroxyl groups is 2. The summed E-state index contributed by atoms with van der Waals surface area (Å²) < 4.78 is 40.5. The molecule has 0 bridgehead atoms. The lowest BCUT2D eigenvalue weighted by atomic mass is 9.42. The quantitative estimate of drug-likeness (QED) is 0.324. The Kier molecular flexibility index (Phi) is 9.25. The SMILES string of the molecule is BC(B)(O)C(B)(B)O[C@]1(c2ccc(Cl)cc2)c2c(F)cc(C(O)(CC)C3(F)CCN(C)CC3)cc2C(=O)N1Cc1ncc(Cl)cn1. The highest BCUT2D eigenvalue weighted by atomic mass is 35.5. The van der Waals surface area contributed by atoms with Crippen LogP contribution >= 0.6 is 23.2 Å². The number of benzene rings is 2. The molecule has 1 saturated heterocycles. The highest BCUT2D eigenvalue weighted by molar-refractivity contribution is 6.53. The van der Waals surface area contributed by atoms with Crippen LogP contribution in [0.4, 0.5) is 8.78 Å². The van der Waals surface area contributed by atoms with E-state index in [0.717, 1.165) is 6.07 Å². The number of amides is 1. The van der Waals surface area contributed by atoms with Gasteiger partial charge in [0.1, 0.15) is 54.3 Å². The smallest absolute Gasteiger partial charge is 0.257 e. The number of nitrogens with zero attached hydrogens (tertiary/aromatic N) is 4. The van der Waals surface area contributed by atoms with Gasteiger partial charge < -0.3 is 19.8 Å². The van der Waals surface area contributed by atoms with Crippen LogP contribution in [-0.2, 0) is 22.6 Å². The first-order chi connectivity index (χ1) is 21.4.